The van der Waals surface area contributed by atoms with E-state index < -0.39 is 64.4 Å². The fourth-order valence-corrected chi connectivity index (χ4v) is 8.06. The van der Waals surface area contributed by atoms with Gasteiger partial charge in [-0.05, 0) is 99.0 Å². The lowest BCUT2D eigenvalue weighted by Gasteiger charge is -2.52. The lowest BCUT2D eigenvalue weighted by molar-refractivity contribution is -0.181. The highest BCUT2D eigenvalue weighted by Crippen LogP contribution is 2.52. The molecule has 0 saturated heterocycles. The van der Waals surface area contributed by atoms with Crippen molar-refractivity contribution in [3.8, 4) is 28.7 Å². The first-order valence-electron chi connectivity index (χ1n) is 16.0. The van der Waals surface area contributed by atoms with E-state index in [-0.39, 0.29) is 29.7 Å². The minimum atomic E-state index is -2.78. The maximum Gasteiger partial charge on any atom is 0.235 e. The molecule has 4 N–H and O–H groups in total. The van der Waals surface area contributed by atoms with Crippen LogP contribution >= 0.6 is 0 Å². The lowest BCUT2D eigenvalue weighted by atomic mass is 9.52. The van der Waals surface area contributed by atoms with Gasteiger partial charge >= 0.3 is 0 Å². The molecule has 0 bridgehead atoms. The number of aromatic hydroxyl groups is 1. The van der Waals surface area contributed by atoms with E-state index in [2.05, 4.69) is 17.9 Å². The summed E-state index contributed by atoms with van der Waals surface area (Å²) >= 11 is 0. The van der Waals surface area contributed by atoms with Gasteiger partial charge in [0.1, 0.15) is 5.75 Å². The summed E-state index contributed by atoms with van der Waals surface area (Å²) in [5.74, 6) is -4.60. The number of nitrogens with two attached hydrogens (primary N) is 1. The Morgan fingerprint density at radius 2 is 1.70 bits per heavy atom. The first-order valence-corrected chi connectivity index (χ1v) is 16.0. The normalized spacial score (nSPS) is 28.5. The molecule has 4 aliphatic carbocycles. The van der Waals surface area contributed by atoms with Crippen LogP contribution in [0.15, 0.2) is 42.0 Å². The summed E-state index contributed by atoms with van der Waals surface area (Å²) in [4.78, 5) is 71.5. The number of Topliss-reactive ketones (excluding diaryl/α,β-unsaturated/α-hetero) is 4. The van der Waals surface area contributed by atoms with E-state index >= 15 is 0 Å². The van der Waals surface area contributed by atoms with Crippen LogP contribution in [0, 0.1) is 35.5 Å². The Hall–Kier alpha value is -4.59. The molecule has 6 atom stereocenters. The number of hydrogen-bond acceptors (Lipinski definition) is 9. The van der Waals surface area contributed by atoms with Gasteiger partial charge in [-0.3, -0.25) is 28.9 Å². The smallest absolute Gasteiger partial charge is 0.235 e. The van der Waals surface area contributed by atoms with E-state index in [0.717, 1.165) is 42.5 Å². The van der Waals surface area contributed by atoms with Crippen LogP contribution in [0.25, 0.3) is 11.1 Å². The van der Waals surface area contributed by atoms with E-state index in [1.807, 2.05) is 43.3 Å². The summed E-state index contributed by atoms with van der Waals surface area (Å²) in [6.07, 6.45) is 6.09. The molecule has 2 aromatic carbocycles. The number of ketones is 4. The molecule has 2 saturated carbocycles. The molecule has 47 heavy (non-hydrogen) atoms. The number of nitrogens with zero attached hydrogens (tertiary/aromatic N) is 2. The van der Waals surface area contributed by atoms with Gasteiger partial charge < -0.3 is 20.8 Å². The number of primary amides is 1. The predicted octanol–water partition coefficient (Wildman–Crippen LogP) is 2.45. The molecule has 2 unspecified atom stereocenters. The summed E-state index contributed by atoms with van der Waals surface area (Å²) in [5, 5.41) is 23.5. The average molecular weight is 638 g/mol. The molecule has 2 aromatic rings. The topological polar surface area (TPSA) is 158 Å². The molecule has 0 radical (unpaired) electrons. The van der Waals surface area contributed by atoms with Crippen molar-refractivity contribution in [1.82, 2.24) is 4.90 Å². The van der Waals surface area contributed by atoms with Crippen molar-refractivity contribution in [3.05, 3.63) is 58.7 Å². The molecular weight excluding hydrogens is 598 g/mol. The SMILES string of the molecule is CN(C)c1ccc(-c2cc(C#CC3=CCCCC3)c(O)c3c2C[C@@H]2C[C@@H]4[C@@H](N(C)C)C(=O)C(C(N)=O)C(=O)[C@]4(O)C(=O)C2C3=O)cc1. The molecular formula is C37H39N3O7. The van der Waals surface area contributed by atoms with Crippen LogP contribution < -0.4 is 10.6 Å². The largest absolute Gasteiger partial charge is 0.506 e. The van der Waals surface area contributed by atoms with Gasteiger partial charge in [0.2, 0.25) is 5.91 Å². The number of hydrogen-bond donors (Lipinski definition) is 3. The molecule has 6 rings (SSSR count). The number of likely N-dealkylation sites (N-methyl/N-ethyl adjacent to an activating group) is 1. The van der Waals surface area contributed by atoms with Gasteiger partial charge in [-0.2, -0.15) is 0 Å². The minimum Gasteiger partial charge on any atom is -0.506 e. The van der Waals surface area contributed by atoms with Crippen molar-refractivity contribution in [1.29, 1.82) is 0 Å². The third-order valence-electron chi connectivity index (χ3n) is 10.4. The van der Waals surface area contributed by atoms with Crippen LogP contribution in [0.3, 0.4) is 0 Å². The van der Waals surface area contributed by atoms with Crippen molar-refractivity contribution < 1.29 is 34.2 Å². The standard InChI is InChI=1S/C37H39N3O7/c1-39(2)23-14-12-20(13-15-23)24-16-21(11-10-19-8-6-5-7-9-19)31(41)28-25(24)17-22-18-26-30(40(3)4)33(43)29(36(38)46)35(45)37(26,47)34(44)27(22)32(28)42/h8,12-16,22,26-27,29-30,41,47H,5-7,9,17-18H2,1-4H3,(H2,38,46)/t22-,26-,27?,29?,30-,37-/m1/s1. The zero-order valence-corrected chi connectivity index (χ0v) is 27.0. The van der Waals surface area contributed by atoms with Gasteiger partial charge in [0.15, 0.2) is 34.7 Å². The van der Waals surface area contributed by atoms with Crippen molar-refractivity contribution >= 4 is 34.7 Å². The van der Waals surface area contributed by atoms with Crippen LogP contribution in [0.1, 0.15) is 53.6 Å². The number of amides is 1. The molecule has 2 fully saturated rings. The number of benzene rings is 2. The predicted molar refractivity (Wildman–Crippen MR) is 175 cm³/mol. The highest BCUT2D eigenvalue weighted by molar-refractivity contribution is 6.32. The third-order valence-corrected chi connectivity index (χ3v) is 10.4. The highest BCUT2D eigenvalue weighted by Gasteiger charge is 2.69. The number of aliphatic hydroxyl groups is 1. The second kappa shape index (κ2) is 11.9. The van der Waals surface area contributed by atoms with Gasteiger partial charge in [0.25, 0.3) is 0 Å². The van der Waals surface area contributed by atoms with Crippen LogP contribution in [0.2, 0.25) is 0 Å². The summed E-state index contributed by atoms with van der Waals surface area (Å²) in [7, 11) is 6.99. The fourth-order valence-electron chi connectivity index (χ4n) is 8.06. The number of fused-ring (bicyclic) bond motifs is 3. The fraction of sp³-hybridized carbons (Fsp3) is 0.432. The zero-order chi connectivity index (χ0) is 33.9. The van der Waals surface area contributed by atoms with E-state index in [4.69, 9.17) is 5.73 Å². The van der Waals surface area contributed by atoms with Crippen molar-refractivity contribution in [2.24, 2.45) is 29.4 Å². The van der Waals surface area contributed by atoms with Crippen LogP contribution in [-0.4, -0.2) is 84.0 Å². The Kier molecular flexibility index (Phi) is 8.19. The lowest BCUT2D eigenvalue weighted by Crippen LogP contribution is -2.74. The summed E-state index contributed by atoms with van der Waals surface area (Å²) in [6, 6.07) is 8.36. The molecule has 1 amide bonds. The Balaban J connectivity index is 1.52. The zero-order valence-electron chi connectivity index (χ0n) is 27.0. The quantitative estimate of drug-likeness (QED) is 0.338. The highest BCUT2D eigenvalue weighted by atomic mass is 16.3. The van der Waals surface area contributed by atoms with E-state index in [0.29, 0.717) is 11.1 Å². The molecule has 10 heteroatoms. The van der Waals surface area contributed by atoms with Gasteiger partial charge in [0, 0.05) is 25.7 Å². The molecule has 0 aliphatic heterocycles. The Bertz CT molecular complexity index is 1810. The number of allylic oxidation sites excluding steroid dienone is 2. The van der Waals surface area contributed by atoms with Gasteiger partial charge in [-0.15, -0.1) is 0 Å². The maximum atomic E-state index is 14.4. The van der Waals surface area contributed by atoms with E-state index in [1.165, 1.54) is 4.90 Å². The molecule has 0 spiro atoms. The second-order valence-corrected chi connectivity index (χ2v) is 13.6. The van der Waals surface area contributed by atoms with Crippen LogP contribution in [0.4, 0.5) is 5.69 Å². The Labute approximate surface area is 273 Å². The molecule has 4 aliphatic rings. The van der Waals surface area contributed by atoms with Crippen LogP contribution in [0.5, 0.6) is 5.75 Å². The van der Waals surface area contributed by atoms with Gasteiger partial charge in [-0.1, -0.05) is 30.0 Å². The molecule has 244 valence electrons. The number of anilines is 1. The van der Waals surface area contributed by atoms with Crippen molar-refractivity contribution in [3.63, 3.8) is 0 Å². The minimum absolute atomic E-state index is 0.0145. The molecule has 0 aromatic heterocycles. The van der Waals surface area contributed by atoms with Crippen molar-refractivity contribution in [2.45, 2.75) is 50.2 Å². The van der Waals surface area contributed by atoms with E-state index in [1.54, 1.807) is 20.2 Å². The molecule has 0 heterocycles. The summed E-state index contributed by atoms with van der Waals surface area (Å²) in [5.41, 5.74) is 6.76. The number of carbonyl (C=O) groups is 5. The van der Waals surface area contributed by atoms with Gasteiger partial charge in [-0.25, -0.2) is 0 Å². The van der Waals surface area contributed by atoms with Crippen molar-refractivity contribution in [2.75, 3.05) is 33.1 Å². The third kappa shape index (κ3) is 5.09. The number of phenols is 1. The first-order chi connectivity index (χ1) is 22.3. The Morgan fingerprint density at radius 3 is 2.30 bits per heavy atom. The number of phenolic OH excluding ortho intramolecular Hbond substituents is 1. The first kappa shape index (κ1) is 32.4. The monoisotopic (exact) mass is 637 g/mol. The van der Waals surface area contributed by atoms with Gasteiger partial charge in [0.05, 0.1) is 23.1 Å². The summed E-state index contributed by atoms with van der Waals surface area (Å²) in [6.45, 7) is 0. The maximum absolute atomic E-state index is 14.4. The molecule has 10 nitrogen and oxygen atoms in total. The Morgan fingerprint density at radius 1 is 1.00 bits per heavy atom. The number of carbonyl (C=O) groups excluding carboxylic acids is 5. The van der Waals surface area contributed by atoms with E-state index in [9.17, 15) is 34.2 Å². The summed E-state index contributed by atoms with van der Waals surface area (Å²) < 4.78 is 0. The average Bonchev–Trinajstić information content (AvgIpc) is 3.02. The second-order valence-electron chi connectivity index (χ2n) is 13.6. The number of rotatable bonds is 4. The van der Waals surface area contributed by atoms with Crippen LogP contribution in [-0.2, 0) is 25.6 Å².